The van der Waals surface area contributed by atoms with Crippen molar-refractivity contribution in [1.82, 2.24) is 5.32 Å². The number of aliphatic hydroxyl groups excluding tert-OH is 1. The van der Waals surface area contributed by atoms with Crippen LogP contribution in [0.15, 0.2) is 0 Å². The minimum Gasteiger partial charge on any atom is -0.393 e. The highest BCUT2D eigenvalue weighted by Crippen LogP contribution is 2.68. The molecular formula is C26H45NO5S. The number of amides is 1. The van der Waals surface area contributed by atoms with E-state index >= 15 is 0 Å². The molecule has 0 saturated heterocycles. The molecule has 4 saturated carbocycles. The van der Waals surface area contributed by atoms with Crippen LogP contribution < -0.4 is 5.32 Å². The number of aliphatic hydroxyl groups is 1. The maximum absolute atomic E-state index is 12.2. The van der Waals surface area contributed by atoms with Crippen LogP contribution in [0.4, 0.5) is 0 Å². The minimum atomic E-state index is -4.06. The summed E-state index contributed by atoms with van der Waals surface area (Å²) in [6.07, 6.45) is 12.2. The first-order valence-corrected chi connectivity index (χ1v) is 15.0. The third-order valence-corrected chi connectivity index (χ3v) is 11.7. The molecule has 3 N–H and O–H groups in total. The highest BCUT2D eigenvalue weighted by Gasteiger charge is 2.63. The summed E-state index contributed by atoms with van der Waals surface area (Å²) in [6.45, 7) is 7.05. The van der Waals surface area contributed by atoms with E-state index in [1.807, 2.05) is 0 Å². The third-order valence-electron chi connectivity index (χ3n) is 11.0. The molecule has 7 heteroatoms. The highest BCUT2D eigenvalue weighted by molar-refractivity contribution is 7.85. The maximum Gasteiger partial charge on any atom is 0.266 e. The van der Waals surface area contributed by atoms with Gasteiger partial charge in [0.1, 0.15) is 0 Å². The molecule has 0 heterocycles. The smallest absolute Gasteiger partial charge is 0.266 e. The highest BCUT2D eigenvalue weighted by atomic mass is 32.2. The Kier molecular flexibility index (Phi) is 7.26. The number of carbonyl (C=O) groups excluding carboxylic acids is 1. The summed E-state index contributed by atoms with van der Waals surface area (Å²) in [7, 11) is -4.06. The first-order valence-electron chi connectivity index (χ1n) is 13.4. The van der Waals surface area contributed by atoms with Crippen LogP contribution in [-0.4, -0.2) is 42.4 Å². The van der Waals surface area contributed by atoms with Crippen molar-refractivity contribution in [2.75, 3.05) is 12.3 Å². The summed E-state index contributed by atoms with van der Waals surface area (Å²) >= 11 is 0. The molecule has 0 bridgehead atoms. The number of hydrogen-bond donors (Lipinski definition) is 3. The van der Waals surface area contributed by atoms with Crippen molar-refractivity contribution in [2.45, 2.75) is 97.5 Å². The van der Waals surface area contributed by atoms with E-state index in [1.54, 1.807) is 0 Å². The van der Waals surface area contributed by atoms with Gasteiger partial charge >= 0.3 is 0 Å². The molecule has 4 aliphatic rings. The predicted molar refractivity (Wildman–Crippen MR) is 129 cm³/mol. The van der Waals surface area contributed by atoms with E-state index in [0.29, 0.717) is 35.5 Å². The van der Waals surface area contributed by atoms with Crippen LogP contribution in [0, 0.1) is 46.3 Å². The standard InChI is InChI=1S/C26H45NO5S/c1-17(7-12-24(29)27-14-15-33(30,31)32)20-10-11-21-19-9-8-18-6-4-5-13-25(18,2)22(19)16-23(28)26(20,21)3/h17-23,28H,4-16H2,1-3H3,(H,27,29)(H,30,31,32)/t17-,18+,19+,20-,21+,22+,23+,25+,26-/m1/s1. The van der Waals surface area contributed by atoms with E-state index < -0.39 is 15.9 Å². The zero-order valence-corrected chi connectivity index (χ0v) is 21.6. The Morgan fingerprint density at radius 1 is 1.09 bits per heavy atom. The van der Waals surface area contributed by atoms with Gasteiger partial charge < -0.3 is 10.4 Å². The fourth-order valence-corrected chi connectivity index (χ4v) is 9.55. The fourth-order valence-electron chi connectivity index (χ4n) is 9.19. The molecule has 0 unspecified atom stereocenters. The van der Waals surface area contributed by atoms with Crippen molar-refractivity contribution in [2.24, 2.45) is 46.3 Å². The summed E-state index contributed by atoms with van der Waals surface area (Å²) in [5, 5.41) is 14.2. The molecule has 0 aromatic carbocycles. The summed E-state index contributed by atoms with van der Waals surface area (Å²) < 4.78 is 30.5. The van der Waals surface area contributed by atoms with Crippen molar-refractivity contribution in [3.8, 4) is 0 Å². The Hall–Kier alpha value is -0.660. The molecule has 4 rings (SSSR count). The van der Waals surface area contributed by atoms with Gasteiger partial charge in [-0.1, -0.05) is 33.6 Å². The van der Waals surface area contributed by atoms with Gasteiger partial charge in [-0.2, -0.15) is 8.42 Å². The summed E-state index contributed by atoms with van der Waals surface area (Å²) in [5.74, 6) is 2.96. The lowest BCUT2D eigenvalue weighted by atomic mass is 9.44. The molecule has 0 spiro atoms. The van der Waals surface area contributed by atoms with E-state index in [9.17, 15) is 18.3 Å². The number of nitrogens with one attached hydrogen (secondary N) is 1. The quantitative estimate of drug-likeness (QED) is 0.465. The largest absolute Gasteiger partial charge is 0.393 e. The summed E-state index contributed by atoms with van der Waals surface area (Å²) in [4.78, 5) is 12.2. The van der Waals surface area contributed by atoms with E-state index in [4.69, 9.17) is 4.55 Å². The topological polar surface area (TPSA) is 104 Å². The van der Waals surface area contributed by atoms with Crippen molar-refractivity contribution in [3.63, 3.8) is 0 Å². The van der Waals surface area contributed by atoms with Gasteiger partial charge in [0, 0.05) is 13.0 Å². The lowest BCUT2D eigenvalue weighted by Crippen LogP contribution is -2.58. The normalized spacial score (nSPS) is 43.8. The van der Waals surface area contributed by atoms with Crippen molar-refractivity contribution in [3.05, 3.63) is 0 Å². The molecule has 6 nitrogen and oxygen atoms in total. The molecule has 0 aliphatic heterocycles. The lowest BCUT2D eigenvalue weighted by Gasteiger charge is -2.62. The first-order chi connectivity index (χ1) is 15.5. The van der Waals surface area contributed by atoms with Crippen LogP contribution in [0.25, 0.3) is 0 Å². The molecule has 0 aromatic heterocycles. The Balaban J connectivity index is 1.39. The van der Waals surface area contributed by atoms with Crippen LogP contribution in [0.3, 0.4) is 0 Å². The second-order valence-corrected chi connectivity index (χ2v) is 13.9. The number of hydrogen-bond acceptors (Lipinski definition) is 4. The van der Waals surface area contributed by atoms with Gasteiger partial charge in [0.2, 0.25) is 5.91 Å². The molecule has 190 valence electrons. The van der Waals surface area contributed by atoms with Crippen molar-refractivity contribution >= 4 is 16.0 Å². The average molecular weight is 484 g/mol. The van der Waals surface area contributed by atoms with Gasteiger partial charge in [-0.25, -0.2) is 0 Å². The third kappa shape index (κ3) is 4.75. The molecule has 33 heavy (non-hydrogen) atoms. The predicted octanol–water partition coefficient (Wildman–Crippen LogP) is 4.43. The molecule has 0 radical (unpaired) electrons. The van der Waals surface area contributed by atoms with E-state index in [2.05, 4.69) is 26.1 Å². The minimum absolute atomic E-state index is 0.0587. The second-order valence-electron chi connectivity index (χ2n) is 12.4. The van der Waals surface area contributed by atoms with Gasteiger partial charge in [0.15, 0.2) is 0 Å². The zero-order chi connectivity index (χ0) is 24.0. The zero-order valence-electron chi connectivity index (χ0n) is 20.8. The van der Waals surface area contributed by atoms with Crippen LogP contribution in [0.1, 0.15) is 91.4 Å². The monoisotopic (exact) mass is 483 g/mol. The van der Waals surface area contributed by atoms with Gasteiger partial charge in [0.25, 0.3) is 10.1 Å². The fraction of sp³-hybridized carbons (Fsp3) is 0.962. The van der Waals surface area contributed by atoms with Crippen LogP contribution in [0.2, 0.25) is 0 Å². The Morgan fingerprint density at radius 2 is 1.85 bits per heavy atom. The van der Waals surface area contributed by atoms with Gasteiger partial charge in [0.05, 0.1) is 11.9 Å². The number of fused-ring (bicyclic) bond motifs is 5. The maximum atomic E-state index is 12.2. The van der Waals surface area contributed by atoms with E-state index in [-0.39, 0.29) is 24.0 Å². The van der Waals surface area contributed by atoms with E-state index in [1.165, 1.54) is 44.9 Å². The molecule has 1 amide bonds. The Labute approximate surface area is 200 Å². The Morgan fingerprint density at radius 3 is 2.58 bits per heavy atom. The Bertz CT molecular complexity index is 831. The number of rotatable bonds is 7. The van der Waals surface area contributed by atoms with Gasteiger partial charge in [-0.05, 0) is 97.7 Å². The van der Waals surface area contributed by atoms with Gasteiger partial charge in [-0.15, -0.1) is 0 Å². The number of carbonyl (C=O) groups is 1. The second kappa shape index (κ2) is 9.42. The summed E-state index contributed by atoms with van der Waals surface area (Å²) in [5.41, 5.74) is 0.340. The van der Waals surface area contributed by atoms with Crippen molar-refractivity contribution in [1.29, 1.82) is 0 Å². The van der Waals surface area contributed by atoms with Crippen LogP contribution >= 0.6 is 0 Å². The van der Waals surface area contributed by atoms with Crippen molar-refractivity contribution < 1.29 is 22.9 Å². The molecule has 4 aliphatic carbocycles. The molecular weight excluding hydrogens is 438 g/mol. The van der Waals surface area contributed by atoms with Crippen LogP contribution in [0.5, 0.6) is 0 Å². The summed E-state index contributed by atoms with van der Waals surface area (Å²) in [6, 6.07) is 0. The van der Waals surface area contributed by atoms with Gasteiger partial charge in [-0.3, -0.25) is 9.35 Å². The average Bonchev–Trinajstić information content (AvgIpc) is 3.10. The lowest BCUT2D eigenvalue weighted by molar-refractivity contribution is -0.168. The molecule has 0 aromatic rings. The SMILES string of the molecule is C[C@H](CCC(=O)NCCS(=O)(=O)O)[C@H]1CC[C@H]2[C@@H]3CC[C@@H]4CCCC[C@]4(C)[C@H]3C[C@H](O)[C@]12C. The first kappa shape index (κ1) is 25.4. The van der Waals surface area contributed by atoms with Crippen LogP contribution in [-0.2, 0) is 14.9 Å². The molecule has 4 fully saturated rings. The van der Waals surface area contributed by atoms with E-state index in [0.717, 1.165) is 31.1 Å². The molecule has 9 atom stereocenters.